The van der Waals surface area contributed by atoms with E-state index < -0.39 is 15.9 Å². The van der Waals surface area contributed by atoms with Crippen molar-refractivity contribution in [2.45, 2.75) is 44.2 Å². The minimum atomic E-state index is -3.34. The fraction of sp³-hybridized carbons (Fsp3) is 0.438. The molecule has 130 valence electrons. The topological polar surface area (TPSA) is 101 Å². The van der Waals surface area contributed by atoms with Crippen molar-refractivity contribution in [2.24, 2.45) is 0 Å². The van der Waals surface area contributed by atoms with E-state index in [4.69, 9.17) is 0 Å². The molecule has 0 fully saturated rings. The molecule has 0 aliphatic rings. The minimum Gasteiger partial charge on any atom is -0.358 e. The number of hydrogen-bond donors (Lipinski definition) is 2. The third-order valence-corrected chi connectivity index (χ3v) is 4.89. The van der Waals surface area contributed by atoms with Crippen molar-refractivity contribution < 1.29 is 13.2 Å². The van der Waals surface area contributed by atoms with Gasteiger partial charge in [-0.25, -0.2) is 18.4 Å². The molecule has 1 heterocycles. The van der Waals surface area contributed by atoms with Gasteiger partial charge in [0.05, 0.1) is 10.4 Å². The first-order chi connectivity index (χ1) is 11.2. The van der Waals surface area contributed by atoms with E-state index in [0.717, 1.165) is 12.7 Å². The summed E-state index contributed by atoms with van der Waals surface area (Å²) in [6.45, 7) is 5.66. The summed E-state index contributed by atoms with van der Waals surface area (Å²) in [5.74, 6) is 0.285. The van der Waals surface area contributed by atoms with Crippen molar-refractivity contribution >= 4 is 32.5 Å². The van der Waals surface area contributed by atoms with Crippen LogP contribution in [0.3, 0.4) is 0 Å². The molecule has 1 aromatic carbocycles. The maximum absolute atomic E-state index is 12.2. The van der Waals surface area contributed by atoms with E-state index in [2.05, 4.69) is 20.6 Å². The summed E-state index contributed by atoms with van der Waals surface area (Å²) in [6.07, 6.45) is 3.37. The van der Waals surface area contributed by atoms with Crippen molar-refractivity contribution in [1.82, 2.24) is 15.3 Å². The molecule has 0 aliphatic carbocycles. The lowest BCUT2D eigenvalue weighted by Gasteiger charge is -2.18. The van der Waals surface area contributed by atoms with Gasteiger partial charge in [0.15, 0.2) is 9.84 Å². The second kappa shape index (κ2) is 7.12. The number of fused-ring (bicyclic) bond motifs is 1. The molecule has 7 nitrogen and oxygen atoms in total. The summed E-state index contributed by atoms with van der Waals surface area (Å²) in [7, 11) is -3.34. The van der Waals surface area contributed by atoms with E-state index in [1.807, 2.05) is 13.8 Å². The molecule has 2 unspecified atom stereocenters. The number of nitrogens with zero attached hydrogens (tertiary/aromatic N) is 2. The molecule has 0 radical (unpaired) electrons. The van der Waals surface area contributed by atoms with Gasteiger partial charge in [0.2, 0.25) is 5.91 Å². The molecule has 0 saturated heterocycles. The van der Waals surface area contributed by atoms with Crippen LogP contribution in [0.25, 0.3) is 10.9 Å². The molecule has 2 aromatic rings. The number of nitrogens with one attached hydrogen (secondary N) is 2. The van der Waals surface area contributed by atoms with Gasteiger partial charge in [0, 0.05) is 17.7 Å². The first-order valence-corrected chi connectivity index (χ1v) is 9.63. The fourth-order valence-electron chi connectivity index (χ4n) is 2.12. The van der Waals surface area contributed by atoms with Crippen LogP contribution in [0.4, 0.5) is 5.82 Å². The van der Waals surface area contributed by atoms with Crippen LogP contribution >= 0.6 is 0 Å². The molecular formula is C16H22N4O3S. The average Bonchev–Trinajstić information content (AvgIpc) is 2.53. The van der Waals surface area contributed by atoms with Gasteiger partial charge in [-0.15, -0.1) is 0 Å². The quantitative estimate of drug-likeness (QED) is 0.823. The molecule has 8 heteroatoms. The second-order valence-corrected chi connectivity index (χ2v) is 7.87. The maximum atomic E-state index is 12.2. The summed E-state index contributed by atoms with van der Waals surface area (Å²) < 4.78 is 23.5. The first-order valence-electron chi connectivity index (χ1n) is 7.74. The monoisotopic (exact) mass is 350 g/mol. The van der Waals surface area contributed by atoms with E-state index >= 15 is 0 Å². The van der Waals surface area contributed by atoms with Crippen LogP contribution in [-0.4, -0.2) is 42.6 Å². The van der Waals surface area contributed by atoms with Crippen molar-refractivity contribution in [2.75, 3.05) is 11.6 Å². The zero-order valence-corrected chi connectivity index (χ0v) is 15.0. The Hall–Kier alpha value is -2.22. The van der Waals surface area contributed by atoms with Crippen molar-refractivity contribution in [1.29, 1.82) is 0 Å². The minimum absolute atomic E-state index is 0.0840. The molecule has 2 rings (SSSR count). The molecule has 1 aromatic heterocycles. The molecule has 24 heavy (non-hydrogen) atoms. The predicted octanol–water partition coefficient (Wildman–Crippen LogP) is 1.75. The third kappa shape index (κ3) is 4.19. The number of amides is 1. The number of benzene rings is 1. The first kappa shape index (κ1) is 18.1. The largest absolute Gasteiger partial charge is 0.358 e. The Bertz CT molecular complexity index is 852. The SMILES string of the molecule is CCC(C)NC(=O)C(C)Nc1ncnc2ccc(S(C)(=O)=O)cc12. The average molecular weight is 350 g/mol. The Morgan fingerprint density at radius 1 is 1.25 bits per heavy atom. The second-order valence-electron chi connectivity index (χ2n) is 5.86. The molecule has 1 amide bonds. The van der Waals surface area contributed by atoms with E-state index in [0.29, 0.717) is 16.7 Å². The molecular weight excluding hydrogens is 328 g/mol. The van der Waals surface area contributed by atoms with Gasteiger partial charge in [-0.3, -0.25) is 4.79 Å². The van der Waals surface area contributed by atoms with Gasteiger partial charge in [-0.05, 0) is 38.5 Å². The molecule has 0 aliphatic heterocycles. The third-order valence-electron chi connectivity index (χ3n) is 3.78. The highest BCUT2D eigenvalue weighted by Crippen LogP contribution is 2.23. The van der Waals surface area contributed by atoms with Crippen LogP contribution < -0.4 is 10.6 Å². The lowest BCUT2D eigenvalue weighted by molar-refractivity contribution is -0.122. The van der Waals surface area contributed by atoms with E-state index in [1.165, 1.54) is 18.5 Å². The van der Waals surface area contributed by atoms with Crippen molar-refractivity contribution in [3.05, 3.63) is 24.5 Å². The number of rotatable bonds is 6. The lowest BCUT2D eigenvalue weighted by atomic mass is 10.2. The number of carbonyl (C=O) groups is 1. The molecule has 2 atom stereocenters. The van der Waals surface area contributed by atoms with Gasteiger partial charge in [0.1, 0.15) is 18.2 Å². The maximum Gasteiger partial charge on any atom is 0.242 e. The highest BCUT2D eigenvalue weighted by Gasteiger charge is 2.17. The summed E-state index contributed by atoms with van der Waals surface area (Å²) in [6, 6.07) is 4.22. The van der Waals surface area contributed by atoms with E-state index in [1.54, 1.807) is 13.0 Å². The standard InChI is InChI=1S/C16H22N4O3S/c1-5-10(2)19-16(21)11(3)20-15-13-8-12(24(4,22)23)6-7-14(13)17-9-18-15/h6-11H,5H2,1-4H3,(H,19,21)(H,17,18,20). The highest BCUT2D eigenvalue weighted by atomic mass is 32.2. The van der Waals surface area contributed by atoms with Crippen molar-refractivity contribution in [3.8, 4) is 0 Å². The van der Waals surface area contributed by atoms with Gasteiger partial charge < -0.3 is 10.6 Å². The summed E-state index contributed by atoms with van der Waals surface area (Å²) >= 11 is 0. The lowest BCUT2D eigenvalue weighted by Crippen LogP contribution is -2.42. The Labute approximate surface area is 141 Å². The van der Waals surface area contributed by atoms with Crippen LogP contribution in [0.2, 0.25) is 0 Å². The summed E-state index contributed by atoms with van der Waals surface area (Å²) in [4.78, 5) is 20.6. The van der Waals surface area contributed by atoms with Gasteiger partial charge in [-0.2, -0.15) is 0 Å². The predicted molar refractivity (Wildman–Crippen MR) is 93.6 cm³/mol. The fourth-order valence-corrected chi connectivity index (χ4v) is 2.77. The van der Waals surface area contributed by atoms with Crippen molar-refractivity contribution in [3.63, 3.8) is 0 Å². The Morgan fingerprint density at radius 3 is 2.58 bits per heavy atom. The van der Waals surface area contributed by atoms with E-state index in [9.17, 15) is 13.2 Å². The smallest absolute Gasteiger partial charge is 0.242 e. The van der Waals surface area contributed by atoms with Crippen LogP contribution in [-0.2, 0) is 14.6 Å². The van der Waals surface area contributed by atoms with Crippen LogP contribution in [0, 0.1) is 0 Å². The number of anilines is 1. The number of aromatic nitrogens is 2. The summed E-state index contributed by atoms with van der Waals surface area (Å²) in [5.41, 5.74) is 0.606. The number of sulfone groups is 1. The number of hydrogen-bond acceptors (Lipinski definition) is 6. The Morgan fingerprint density at radius 2 is 1.96 bits per heavy atom. The van der Waals surface area contributed by atoms with Gasteiger partial charge in [-0.1, -0.05) is 6.92 Å². The molecule has 0 bridgehead atoms. The normalized spacial score (nSPS) is 14.2. The summed E-state index contributed by atoms with van der Waals surface area (Å²) in [5, 5.41) is 6.49. The van der Waals surface area contributed by atoms with Crippen LogP contribution in [0.1, 0.15) is 27.2 Å². The molecule has 0 saturated carbocycles. The Kier molecular flexibility index (Phi) is 5.38. The van der Waals surface area contributed by atoms with Gasteiger partial charge >= 0.3 is 0 Å². The Balaban J connectivity index is 2.33. The zero-order valence-electron chi connectivity index (χ0n) is 14.2. The van der Waals surface area contributed by atoms with Crippen LogP contribution in [0.15, 0.2) is 29.4 Å². The van der Waals surface area contributed by atoms with E-state index in [-0.39, 0.29) is 16.8 Å². The van der Waals surface area contributed by atoms with Gasteiger partial charge in [0.25, 0.3) is 0 Å². The number of carbonyl (C=O) groups excluding carboxylic acids is 1. The molecule has 0 spiro atoms. The highest BCUT2D eigenvalue weighted by molar-refractivity contribution is 7.90. The zero-order chi connectivity index (χ0) is 17.9. The molecule has 2 N–H and O–H groups in total. The van der Waals surface area contributed by atoms with Crippen LogP contribution in [0.5, 0.6) is 0 Å².